The van der Waals surface area contributed by atoms with Crippen molar-refractivity contribution in [3.05, 3.63) is 65.0 Å². The summed E-state index contributed by atoms with van der Waals surface area (Å²) in [5.41, 5.74) is 7.13. The molecule has 2 aliphatic carbocycles. The molecule has 1 saturated carbocycles. The molecule has 2 aliphatic rings. The molecule has 126 valence electrons. The first kappa shape index (κ1) is 14.8. The van der Waals surface area contributed by atoms with Gasteiger partial charge in [0.25, 0.3) is 0 Å². The zero-order valence-corrected chi connectivity index (χ0v) is 14.7. The van der Waals surface area contributed by atoms with Gasteiger partial charge in [-0.3, -0.25) is 0 Å². The van der Waals surface area contributed by atoms with Gasteiger partial charge >= 0.3 is 0 Å². The molecule has 1 fully saturated rings. The van der Waals surface area contributed by atoms with Gasteiger partial charge in [-0.2, -0.15) is 0 Å². The topological polar surface area (TPSA) is 38.0 Å². The maximum atomic E-state index is 10.4. The molecule has 0 radical (unpaired) electrons. The summed E-state index contributed by atoms with van der Waals surface area (Å²) in [7, 11) is 0. The van der Waals surface area contributed by atoms with Crippen molar-refractivity contribution in [3.63, 3.8) is 0 Å². The zero-order valence-electron chi connectivity index (χ0n) is 14.7. The van der Waals surface area contributed by atoms with Crippen LogP contribution < -0.4 is 0 Å². The lowest BCUT2D eigenvalue weighted by atomic mass is 9.86. The van der Waals surface area contributed by atoms with Crippen LogP contribution in [0.4, 0.5) is 0 Å². The van der Waals surface area contributed by atoms with Crippen LogP contribution >= 0.6 is 0 Å². The molecular weight excluding hydrogens is 308 g/mol. The predicted octanol–water partition coefficient (Wildman–Crippen LogP) is 5.23. The fourth-order valence-electron chi connectivity index (χ4n) is 4.95. The molecule has 2 heterocycles. The summed E-state index contributed by atoms with van der Waals surface area (Å²) in [5.74, 6) is 2.56. The lowest BCUT2D eigenvalue weighted by Crippen LogP contribution is -2.04. The maximum absolute atomic E-state index is 10.4. The second kappa shape index (κ2) is 5.22. The van der Waals surface area contributed by atoms with E-state index in [4.69, 9.17) is 4.98 Å². The van der Waals surface area contributed by atoms with E-state index in [2.05, 4.69) is 54.8 Å². The van der Waals surface area contributed by atoms with E-state index in [0.29, 0.717) is 17.6 Å². The quantitative estimate of drug-likeness (QED) is 0.699. The molecular formula is C22H22N2O. The highest BCUT2D eigenvalue weighted by molar-refractivity contribution is 5.71. The highest BCUT2D eigenvalue weighted by Crippen LogP contribution is 2.58. The fourth-order valence-corrected chi connectivity index (χ4v) is 4.95. The molecule has 3 heteroatoms. The average molecular weight is 330 g/mol. The minimum absolute atomic E-state index is 0.471. The summed E-state index contributed by atoms with van der Waals surface area (Å²) >= 11 is 0. The van der Waals surface area contributed by atoms with Gasteiger partial charge in [-0.15, -0.1) is 0 Å². The number of phenolic OH excluding ortho intramolecular Hbond substituents is 1. The van der Waals surface area contributed by atoms with Crippen LogP contribution in [-0.2, 0) is 0 Å². The lowest BCUT2D eigenvalue weighted by molar-refractivity contribution is 0.462. The molecule has 1 N–H and O–H groups in total. The highest BCUT2D eigenvalue weighted by Gasteiger charge is 2.40. The SMILES string of the molecule is Cc1ccc(C)n1-c1cccc(-c2ccc(O)c3c2C2CCC3C2)n1. The molecule has 3 nitrogen and oxygen atoms in total. The second-order valence-corrected chi connectivity index (χ2v) is 7.50. The molecule has 3 aromatic rings. The molecule has 0 aliphatic heterocycles. The summed E-state index contributed by atoms with van der Waals surface area (Å²) < 4.78 is 2.19. The van der Waals surface area contributed by atoms with E-state index in [9.17, 15) is 5.11 Å². The molecule has 0 spiro atoms. The number of aryl methyl sites for hydroxylation is 2. The van der Waals surface area contributed by atoms with Gasteiger partial charge in [0.1, 0.15) is 11.6 Å². The van der Waals surface area contributed by atoms with E-state index in [1.54, 1.807) is 0 Å². The van der Waals surface area contributed by atoms with Crippen molar-refractivity contribution in [1.29, 1.82) is 0 Å². The van der Waals surface area contributed by atoms with Crippen LogP contribution in [0.1, 0.15) is 53.6 Å². The normalized spacial score (nSPS) is 20.9. The Morgan fingerprint density at radius 2 is 1.64 bits per heavy atom. The molecule has 0 amide bonds. The first-order valence-electron chi connectivity index (χ1n) is 9.12. The Morgan fingerprint density at radius 3 is 2.40 bits per heavy atom. The largest absolute Gasteiger partial charge is 0.508 e. The summed E-state index contributed by atoms with van der Waals surface area (Å²) in [6, 6.07) is 14.4. The number of hydrogen-bond acceptors (Lipinski definition) is 2. The second-order valence-electron chi connectivity index (χ2n) is 7.50. The van der Waals surface area contributed by atoms with Gasteiger partial charge in [0, 0.05) is 22.5 Å². The van der Waals surface area contributed by atoms with Crippen molar-refractivity contribution in [2.45, 2.75) is 44.9 Å². The number of fused-ring (bicyclic) bond motifs is 5. The zero-order chi connectivity index (χ0) is 17.1. The summed E-state index contributed by atoms with van der Waals surface area (Å²) in [6.45, 7) is 4.22. The third-order valence-corrected chi connectivity index (χ3v) is 6.02. The van der Waals surface area contributed by atoms with Crippen molar-refractivity contribution in [2.75, 3.05) is 0 Å². The Hall–Kier alpha value is -2.55. The fraction of sp³-hybridized carbons (Fsp3) is 0.318. The lowest BCUT2D eigenvalue weighted by Gasteiger charge is -2.20. The average Bonchev–Trinajstić information content (AvgIpc) is 3.31. The molecule has 1 aromatic carbocycles. The number of aromatic nitrogens is 2. The Labute approximate surface area is 148 Å². The molecule has 5 rings (SSSR count). The molecule has 2 unspecified atom stereocenters. The predicted molar refractivity (Wildman–Crippen MR) is 99.5 cm³/mol. The van der Waals surface area contributed by atoms with Gasteiger partial charge in [0.05, 0.1) is 5.69 Å². The van der Waals surface area contributed by atoms with E-state index >= 15 is 0 Å². The summed E-state index contributed by atoms with van der Waals surface area (Å²) in [4.78, 5) is 4.98. The van der Waals surface area contributed by atoms with E-state index in [0.717, 1.165) is 11.5 Å². The minimum Gasteiger partial charge on any atom is -0.508 e. The first-order valence-corrected chi connectivity index (χ1v) is 9.12. The number of phenols is 1. The Kier molecular flexibility index (Phi) is 3.08. The number of nitrogens with zero attached hydrogens (tertiary/aromatic N) is 2. The van der Waals surface area contributed by atoms with Crippen LogP contribution in [0.5, 0.6) is 5.75 Å². The van der Waals surface area contributed by atoms with Gasteiger partial charge < -0.3 is 9.67 Å². The van der Waals surface area contributed by atoms with Crippen LogP contribution in [0, 0.1) is 13.8 Å². The number of aromatic hydroxyl groups is 1. The number of benzene rings is 1. The van der Waals surface area contributed by atoms with Crippen molar-refractivity contribution in [2.24, 2.45) is 0 Å². The van der Waals surface area contributed by atoms with Crippen LogP contribution in [0.2, 0.25) is 0 Å². The smallest absolute Gasteiger partial charge is 0.137 e. The molecule has 25 heavy (non-hydrogen) atoms. The van der Waals surface area contributed by atoms with Crippen molar-refractivity contribution in [3.8, 4) is 22.8 Å². The van der Waals surface area contributed by atoms with E-state index < -0.39 is 0 Å². The van der Waals surface area contributed by atoms with Crippen LogP contribution in [0.3, 0.4) is 0 Å². The van der Waals surface area contributed by atoms with Gasteiger partial charge in [-0.1, -0.05) is 6.07 Å². The number of pyridine rings is 1. The van der Waals surface area contributed by atoms with Gasteiger partial charge in [-0.25, -0.2) is 4.98 Å². The number of hydrogen-bond donors (Lipinski definition) is 1. The molecule has 2 aromatic heterocycles. The van der Waals surface area contributed by atoms with E-state index in [-0.39, 0.29) is 0 Å². The van der Waals surface area contributed by atoms with Crippen LogP contribution in [-0.4, -0.2) is 14.7 Å². The first-order chi connectivity index (χ1) is 12.1. The van der Waals surface area contributed by atoms with E-state index in [1.807, 2.05) is 6.07 Å². The van der Waals surface area contributed by atoms with Crippen molar-refractivity contribution >= 4 is 0 Å². The van der Waals surface area contributed by atoms with Crippen molar-refractivity contribution in [1.82, 2.24) is 9.55 Å². The van der Waals surface area contributed by atoms with Crippen molar-refractivity contribution < 1.29 is 5.11 Å². The number of rotatable bonds is 2. The van der Waals surface area contributed by atoms with Crippen LogP contribution in [0.15, 0.2) is 42.5 Å². The monoisotopic (exact) mass is 330 g/mol. The standard InChI is InChI=1S/C22H22N2O/c1-13-6-7-14(2)24(13)20-5-3-4-18(23-20)17-10-11-19(25)22-16-9-8-15(12-16)21(17)22/h3-7,10-11,15-16,25H,8-9,12H2,1-2H3. The van der Waals surface area contributed by atoms with Gasteiger partial charge in [0.15, 0.2) is 0 Å². The third kappa shape index (κ3) is 2.08. The minimum atomic E-state index is 0.471. The maximum Gasteiger partial charge on any atom is 0.137 e. The third-order valence-electron chi connectivity index (χ3n) is 6.02. The summed E-state index contributed by atoms with van der Waals surface area (Å²) in [5, 5.41) is 10.4. The molecule has 0 saturated heterocycles. The highest BCUT2D eigenvalue weighted by atomic mass is 16.3. The Balaban J connectivity index is 1.68. The Bertz CT molecular complexity index is 966. The molecule has 2 atom stereocenters. The van der Waals surface area contributed by atoms with E-state index in [1.165, 1.54) is 47.3 Å². The van der Waals surface area contributed by atoms with Crippen LogP contribution in [0.25, 0.3) is 17.1 Å². The van der Waals surface area contributed by atoms with Gasteiger partial charge in [-0.05, 0) is 86.9 Å². The Morgan fingerprint density at radius 1 is 0.920 bits per heavy atom. The summed E-state index contributed by atoms with van der Waals surface area (Å²) in [6.07, 6.45) is 3.64. The molecule has 2 bridgehead atoms. The van der Waals surface area contributed by atoms with Gasteiger partial charge in [0.2, 0.25) is 0 Å².